The van der Waals surface area contributed by atoms with E-state index in [0.717, 1.165) is 4.31 Å². The number of para-hydroxylation sites is 1. The van der Waals surface area contributed by atoms with Crippen molar-refractivity contribution in [2.45, 2.75) is 11.8 Å². The predicted octanol–water partition coefficient (Wildman–Crippen LogP) is 4.94. The highest BCUT2D eigenvalue weighted by molar-refractivity contribution is 7.89. The van der Waals surface area contributed by atoms with Crippen LogP contribution in [0.25, 0.3) is 0 Å². The van der Waals surface area contributed by atoms with Crippen LogP contribution >= 0.6 is 11.6 Å². The van der Waals surface area contributed by atoms with Crippen LogP contribution in [0.5, 0.6) is 11.5 Å². The van der Waals surface area contributed by atoms with Crippen molar-refractivity contribution < 1.29 is 17.9 Å². The Bertz CT molecular complexity index is 1180. The first kappa shape index (κ1) is 21.8. The summed E-state index contributed by atoms with van der Waals surface area (Å²) in [6.45, 7) is 1.75. The number of benzene rings is 3. The number of carbonyl (C=O) groups is 1. The lowest BCUT2D eigenvalue weighted by molar-refractivity contribution is 0.102. The van der Waals surface area contributed by atoms with Gasteiger partial charge in [0.25, 0.3) is 5.91 Å². The van der Waals surface area contributed by atoms with Crippen LogP contribution in [0.3, 0.4) is 0 Å². The lowest BCUT2D eigenvalue weighted by Gasteiger charge is -2.14. The minimum atomic E-state index is -3.64. The highest BCUT2D eigenvalue weighted by Gasteiger charge is 2.20. The third-order valence-electron chi connectivity index (χ3n) is 4.41. The first-order chi connectivity index (χ1) is 14.2. The van der Waals surface area contributed by atoms with Crippen LogP contribution in [0, 0.1) is 6.92 Å². The standard InChI is InChI=1S/C22H21ClN2O4S/c1-15-8-13-18(30(27,28)25(2)3)14-19(15)22(26)24-16-9-11-17(12-10-16)29-21-7-5-4-6-20(21)23/h4-14H,1-3H3,(H,24,26). The second-order valence-electron chi connectivity index (χ2n) is 6.78. The summed E-state index contributed by atoms with van der Waals surface area (Å²) >= 11 is 6.09. The molecule has 0 radical (unpaired) electrons. The summed E-state index contributed by atoms with van der Waals surface area (Å²) < 4.78 is 31.6. The first-order valence-electron chi connectivity index (χ1n) is 9.05. The van der Waals surface area contributed by atoms with Crippen LogP contribution in [0.2, 0.25) is 5.02 Å². The van der Waals surface area contributed by atoms with Gasteiger partial charge in [0.2, 0.25) is 10.0 Å². The lowest BCUT2D eigenvalue weighted by atomic mass is 10.1. The molecule has 8 heteroatoms. The van der Waals surface area contributed by atoms with E-state index in [4.69, 9.17) is 16.3 Å². The molecule has 0 aromatic heterocycles. The minimum absolute atomic E-state index is 0.0618. The lowest BCUT2D eigenvalue weighted by Crippen LogP contribution is -2.23. The molecule has 0 aliphatic rings. The smallest absolute Gasteiger partial charge is 0.255 e. The normalized spacial score (nSPS) is 11.4. The Balaban J connectivity index is 1.77. The highest BCUT2D eigenvalue weighted by Crippen LogP contribution is 2.29. The number of hydrogen-bond acceptors (Lipinski definition) is 4. The number of nitrogens with zero attached hydrogens (tertiary/aromatic N) is 1. The van der Waals surface area contributed by atoms with Gasteiger partial charge in [0.1, 0.15) is 11.5 Å². The molecule has 1 amide bonds. The number of nitrogens with one attached hydrogen (secondary N) is 1. The van der Waals surface area contributed by atoms with Crippen molar-refractivity contribution in [1.29, 1.82) is 0 Å². The molecule has 0 atom stereocenters. The van der Waals surface area contributed by atoms with Crippen molar-refractivity contribution in [2.24, 2.45) is 0 Å². The zero-order valence-corrected chi connectivity index (χ0v) is 18.3. The number of ether oxygens (including phenoxy) is 1. The molecule has 0 saturated heterocycles. The van der Waals surface area contributed by atoms with Gasteiger partial charge in [0, 0.05) is 25.3 Å². The van der Waals surface area contributed by atoms with Crippen molar-refractivity contribution in [3.63, 3.8) is 0 Å². The van der Waals surface area contributed by atoms with Gasteiger partial charge in [-0.2, -0.15) is 0 Å². The van der Waals surface area contributed by atoms with E-state index in [0.29, 0.717) is 27.8 Å². The fourth-order valence-electron chi connectivity index (χ4n) is 2.68. The number of amides is 1. The van der Waals surface area contributed by atoms with Crippen LogP contribution in [-0.2, 0) is 10.0 Å². The van der Waals surface area contributed by atoms with Gasteiger partial charge in [0.05, 0.1) is 9.92 Å². The third kappa shape index (κ3) is 4.81. The zero-order valence-electron chi connectivity index (χ0n) is 16.7. The second kappa shape index (κ2) is 8.87. The van der Waals surface area contributed by atoms with Crippen molar-refractivity contribution in [3.8, 4) is 11.5 Å². The van der Waals surface area contributed by atoms with Gasteiger partial charge in [-0.3, -0.25) is 4.79 Å². The van der Waals surface area contributed by atoms with E-state index in [-0.39, 0.29) is 10.5 Å². The van der Waals surface area contributed by atoms with Crippen molar-refractivity contribution in [3.05, 3.63) is 82.9 Å². The molecule has 156 valence electrons. The van der Waals surface area contributed by atoms with Gasteiger partial charge in [-0.05, 0) is 61.0 Å². The Labute approximate surface area is 181 Å². The maximum absolute atomic E-state index is 12.7. The van der Waals surface area contributed by atoms with Crippen molar-refractivity contribution in [1.82, 2.24) is 4.31 Å². The first-order valence-corrected chi connectivity index (χ1v) is 10.9. The maximum Gasteiger partial charge on any atom is 0.255 e. The second-order valence-corrected chi connectivity index (χ2v) is 9.33. The molecule has 3 aromatic carbocycles. The minimum Gasteiger partial charge on any atom is -0.456 e. The quantitative estimate of drug-likeness (QED) is 0.584. The molecule has 0 saturated carbocycles. The van der Waals surface area contributed by atoms with E-state index in [2.05, 4.69) is 5.32 Å². The topological polar surface area (TPSA) is 75.7 Å². The van der Waals surface area contributed by atoms with E-state index >= 15 is 0 Å². The molecule has 0 bridgehead atoms. The zero-order chi connectivity index (χ0) is 21.9. The van der Waals surface area contributed by atoms with Gasteiger partial charge >= 0.3 is 0 Å². The Morgan fingerprint density at radius 2 is 1.67 bits per heavy atom. The molecular weight excluding hydrogens is 424 g/mol. The Morgan fingerprint density at radius 3 is 2.30 bits per heavy atom. The maximum atomic E-state index is 12.7. The van der Waals surface area contributed by atoms with E-state index in [1.165, 1.54) is 26.2 Å². The number of sulfonamides is 1. The number of aryl methyl sites for hydroxylation is 1. The van der Waals surface area contributed by atoms with Gasteiger partial charge < -0.3 is 10.1 Å². The van der Waals surface area contributed by atoms with E-state index in [1.807, 2.05) is 12.1 Å². The van der Waals surface area contributed by atoms with Gasteiger partial charge in [0.15, 0.2) is 0 Å². The molecule has 0 heterocycles. The fourth-order valence-corrected chi connectivity index (χ4v) is 3.78. The van der Waals surface area contributed by atoms with E-state index in [9.17, 15) is 13.2 Å². The molecule has 0 fully saturated rings. The SMILES string of the molecule is Cc1ccc(S(=O)(=O)N(C)C)cc1C(=O)Nc1ccc(Oc2ccccc2Cl)cc1. The van der Waals surface area contributed by atoms with Crippen LogP contribution < -0.4 is 10.1 Å². The molecular formula is C22H21ClN2O4S. The summed E-state index contributed by atoms with van der Waals surface area (Å²) in [7, 11) is -0.744. The van der Waals surface area contributed by atoms with Gasteiger partial charge in [-0.1, -0.05) is 29.8 Å². The molecule has 0 aliphatic carbocycles. The van der Waals surface area contributed by atoms with Crippen molar-refractivity contribution >= 4 is 33.2 Å². The Morgan fingerprint density at radius 1 is 1.00 bits per heavy atom. The molecule has 30 heavy (non-hydrogen) atoms. The van der Waals surface area contributed by atoms with Crippen LogP contribution in [0.1, 0.15) is 15.9 Å². The molecule has 1 N–H and O–H groups in total. The molecule has 3 aromatic rings. The fraction of sp³-hybridized carbons (Fsp3) is 0.136. The third-order valence-corrected chi connectivity index (χ3v) is 6.53. The molecule has 6 nitrogen and oxygen atoms in total. The number of halogens is 1. The summed E-state index contributed by atoms with van der Waals surface area (Å²) in [5.74, 6) is 0.699. The predicted molar refractivity (Wildman–Crippen MR) is 118 cm³/mol. The molecule has 0 spiro atoms. The summed E-state index contributed by atoms with van der Waals surface area (Å²) in [5.41, 5.74) is 1.50. The summed E-state index contributed by atoms with van der Waals surface area (Å²) in [6.07, 6.45) is 0. The van der Waals surface area contributed by atoms with Crippen LogP contribution in [-0.4, -0.2) is 32.7 Å². The Kier molecular flexibility index (Phi) is 6.45. The van der Waals surface area contributed by atoms with Crippen molar-refractivity contribution in [2.75, 3.05) is 19.4 Å². The summed E-state index contributed by atoms with van der Waals surface area (Å²) in [5, 5.41) is 3.28. The number of hydrogen-bond donors (Lipinski definition) is 1. The summed E-state index contributed by atoms with van der Waals surface area (Å²) in [4.78, 5) is 12.8. The molecule has 0 aliphatic heterocycles. The van der Waals surface area contributed by atoms with E-state index < -0.39 is 15.9 Å². The molecule has 0 unspecified atom stereocenters. The van der Waals surface area contributed by atoms with Gasteiger partial charge in [-0.25, -0.2) is 12.7 Å². The number of carbonyl (C=O) groups excluding carboxylic acids is 1. The van der Waals surface area contributed by atoms with Crippen LogP contribution in [0.4, 0.5) is 5.69 Å². The molecule has 3 rings (SSSR count). The van der Waals surface area contributed by atoms with Crippen LogP contribution in [0.15, 0.2) is 71.6 Å². The Hall–Kier alpha value is -2.87. The monoisotopic (exact) mass is 444 g/mol. The number of anilines is 1. The number of rotatable bonds is 6. The summed E-state index contributed by atoms with van der Waals surface area (Å²) in [6, 6.07) is 18.4. The average Bonchev–Trinajstić information content (AvgIpc) is 2.71. The average molecular weight is 445 g/mol. The van der Waals surface area contributed by atoms with E-state index in [1.54, 1.807) is 49.4 Å². The van der Waals surface area contributed by atoms with Gasteiger partial charge in [-0.15, -0.1) is 0 Å². The highest BCUT2D eigenvalue weighted by atomic mass is 35.5. The largest absolute Gasteiger partial charge is 0.456 e.